The van der Waals surface area contributed by atoms with Gasteiger partial charge in [-0.1, -0.05) is 13.8 Å². The normalized spacial score (nSPS) is 16.9. The molecule has 2 aliphatic rings. The summed E-state index contributed by atoms with van der Waals surface area (Å²) < 4.78 is 24.7. The second-order valence-corrected chi connectivity index (χ2v) is 10.3. The minimum Gasteiger partial charge on any atom is -0.347 e. The number of carbonyl (C=O) groups is 3. The van der Waals surface area contributed by atoms with Crippen molar-refractivity contribution in [2.45, 2.75) is 38.9 Å². The van der Waals surface area contributed by atoms with E-state index in [-0.39, 0.29) is 30.7 Å². The molecule has 1 aromatic carbocycles. The number of piperidine rings is 1. The molecule has 0 atom stereocenters. The van der Waals surface area contributed by atoms with Crippen LogP contribution in [0.15, 0.2) is 29.6 Å². The third-order valence-electron chi connectivity index (χ3n) is 6.12. The van der Waals surface area contributed by atoms with Crippen molar-refractivity contribution in [3.05, 3.63) is 46.7 Å². The minimum absolute atomic E-state index is 0.0287. The predicted octanol–water partition coefficient (Wildman–Crippen LogP) is 2.93. The first-order chi connectivity index (χ1) is 17.2. The number of hydrogen-bond acceptors (Lipinski definition) is 7. The molecule has 0 radical (unpaired) electrons. The molecule has 36 heavy (non-hydrogen) atoms. The van der Waals surface area contributed by atoms with Crippen LogP contribution in [0.2, 0.25) is 0 Å². The summed E-state index contributed by atoms with van der Waals surface area (Å²) in [6.45, 7) is 6.43. The van der Waals surface area contributed by atoms with E-state index >= 15 is 0 Å². The van der Waals surface area contributed by atoms with Gasteiger partial charge in [0, 0.05) is 43.4 Å². The summed E-state index contributed by atoms with van der Waals surface area (Å²) in [4.78, 5) is 45.9. The Morgan fingerprint density at radius 2 is 1.83 bits per heavy atom. The molecule has 0 bridgehead atoms. The zero-order chi connectivity index (χ0) is 25.7. The molecule has 4 rings (SSSR count). The number of carbonyl (C=O) groups excluding carboxylic acids is 3. The number of rotatable bonds is 8. The topological polar surface area (TPSA) is 101 Å². The van der Waals surface area contributed by atoms with E-state index in [4.69, 9.17) is 9.47 Å². The van der Waals surface area contributed by atoms with Gasteiger partial charge in [-0.3, -0.25) is 14.4 Å². The molecule has 0 saturated carbocycles. The third-order valence-corrected chi connectivity index (χ3v) is 6.93. The molecule has 2 fully saturated rings. The van der Waals surface area contributed by atoms with Crippen LogP contribution >= 0.6 is 11.3 Å². The first-order valence-corrected chi connectivity index (χ1v) is 13.0. The summed E-state index contributed by atoms with van der Waals surface area (Å²) >= 11 is 1.23. The van der Waals surface area contributed by atoms with Crippen LogP contribution < -0.4 is 5.32 Å². The smallest absolute Gasteiger partial charge is 0.254 e. The van der Waals surface area contributed by atoms with Crippen molar-refractivity contribution in [2.75, 3.05) is 44.7 Å². The van der Waals surface area contributed by atoms with Crippen LogP contribution in [-0.4, -0.2) is 77.7 Å². The Morgan fingerprint density at radius 3 is 2.47 bits per heavy atom. The van der Waals surface area contributed by atoms with Crippen LogP contribution in [0.5, 0.6) is 0 Å². The van der Waals surface area contributed by atoms with Gasteiger partial charge in [0.05, 0.1) is 25.3 Å². The van der Waals surface area contributed by atoms with Gasteiger partial charge in [-0.2, -0.15) is 0 Å². The number of aromatic nitrogens is 1. The number of ether oxygens (including phenoxy) is 2. The number of benzene rings is 1. The molecular weight excluding hydrogens is 487 g/mol. The highest BCUT2D eigenvalue weighted by Crippen LogP contribution is 2.31. The average molecular weight is 519 g/mol. The molecule has 11 heteroatoms. The summed E-state index contributed by atoms with van der Waals surface area (Å²) in [5.41, 5.74) is 0.893. The van der Waals surface area contributed by atoms with Gasteiger partial charge in [0.2, 0.25) is 11.8 Å². The van der Waals surface area contributed by atoms with Crippen LogP contribution in [0.3, 0.4) is 0 Å². The molecule has 0 aliphatic carbocycles. The quantitative estimate of drug-likeness (QED) is 0.577. The Balaban J connectivity index is 1.29. The minimum atomic E-state index is -0.531. The Kier molecular flexibility index (Phi) is 8.32. The molecule has 1 N–H and O–H groups in total. The molecule has 1 spiro atoms. The maximum Gasteiger partial charge on any atom is 0.254 e. The molecule has 1 aromatic heterocycles. The summed E-state index contributed by atoms with van der Waals surface area (Å²) in [5.74, 6) is -1.60. The van der Waals surface area contributed by atoms with E-state index in [1.54, 1.807) is 10.3 Å². The van der Waals surface area contributed by atoms with E-state index in [1.807, 2.05) is 13.8 Å². The van der Waals surface area contributed by atoms with E-state index in [0.29, 0.717) is 62.1 Å². The first-order valence-electron chi connectivity index (χ1n) is 12.1. The van der Waals surface area contributed by atoms with E-state index in [0.717, 1.165) is 0 Å². The summed E-state index contributed by atoms with van der Waals surface area (Å²) in [5, 5.41) is 4.84. The van der Waals surface area contributed by atoms with Gasteiger partial charge >= 0.3 is 0 Å². The van der Waals surface area contributed by atoms with E-state index in [9.17, 15) is 18.8 Å². The van der Waals surface area contributed by atoms with E-state index in [2.05, 4.69) is 10.3 Å². The van der Waals surface area contributed by atoms with Gasteiger partial charge < -0.3 is 24.6 Å². The number of amides is 3. The maximum atomic E-state index is 13.2. The molecule has 2 aliphatic heterocycles. The largest absolute Gasteiger partial charge is 0.347 e. The number of thiazole rings is 1. The van der Waals surface area contributed by atoms with Crippen molar-refractivity contribution in [3.8, 4) is 0 Å². The average Bonchev–Trinajstić information content (AvgIpc) is 3.48. The second-order valence-electron chi connectivity index (χ2n) is 9.44. The number of nitrogens with one attached hydrogen (secondary N) is 1. The number of nitrogens with zero attached hydrogens (tertiary/aromatic N) is 3. The van der Waals surface area contributed by atoms with Gasteiger partial charge in [-0.05, 0) is 30.2 Å². The fraction of sp³-hybridized carbons (Fsp3) is 0.520. The fourth-order valence-electron chi connectivity index (χ4n) is 4.36. The Bertz CT molecular complexity index is 1070. The Morgan fingerprint density at radius 1 is 1.17 bits per heavy atom. The van der Waals surface area contributed by atoms with E-state index in [1.165, 1.54) is 40.5 Å². The molecule has 3 heterocycles. The van der Waals surface area contributed by atoms with Crippen molar-refractivity contribution >= 4 is 34.2 Å². The van der Waals surface area contributed by atoms with Crippen molar-refractivity contribution in [3.63, 3.8) is 0 Å². The molecule has 9 nitrogen and oxygen atoms in total. The summed E-state index contributed by atoms with van der Waals surface area (Å²) in [6.07, 6.45) is 1.45. The highest BCUT2D eigenvalue weighted by Gasteiger charge is 2.40. The lowest BCUT2D eigenvalue weighted by Crippen LogP contribution is -2.47. The highest BCUT2D eigenvalue weighted by atomic mass is 32.1. The molecule has 3 amide bonds. The monoisotopic (exact) mass is 518 g/mol. The highest BCUT2D eigenvalue weighted by molar-refractivity contribution is 7.13. The van der Waals surface area contributed by atoms with Gasteiger partial charge in [0.25, 0.3) is 5.91 Å². The van der Waals surface area contributed by atoms with Gasteiger partial charge in [0.1, 0.15) is 12.4 Å². The molecular formula is C25H31FN4O5S. The molecule has 2 saturated heterocycles. The van der Waals surface area contributed by atoms with Crippen LogP contribution in [0.4, 0.5) is 9.52 Å². The van der Waals surface area contributed by atoms with Crippen LogP contribution in [0, 0.1) is 11.7 Å². The van der Waals surface area contributed by atoms with Gasteiger partial charge in [0.15, 0.2) is 10.9 Å². The Labute approximate surface area is 213 Å². The standard InChI is InChI=1S/C25H31FN4O5S/c1-17(2)14-30(23(33)18-3-5-19(26)6-4-18)15-21(31)28-24-27-20(16-36-24)13-22(32)29-9-7-25(8-10-29)34-11-12-35-25/h3-6,16-17H,7-15H2,1-2H3,(H,27,28,31). The van der Waals surface area contributed by atoms with Crippen molar-refractivity contribution in [2.24, 2.45) is 5.92 Å². The third kappa shape index (κ3) is 6.65. The lowest BCUT2D eigenvalue weighted by Gasteiger charge is -2.37. The van der Waals surface area contributed by atoms with Gasteiger partial charge in [-0.15, -0.1) is 11.3 Å². The van der Waals surface area contributed by atoms with Gasteiger partial charge in [-0.25, -0.2) is 9.37 Å². The van der Waals surface area contributed by atoms with Crippen molar-refractivity contribution < 1.29 is 28.2 Å². The number of anilines is 1. The number of halogens is 1. The molecule has 0 unspecified atom stereocenters. The van der Waals surface area contributed by atoms with Crippen molar-refractivity contribution in [1.29, 1.82) is 0 Å². The fourth-order valence-corrected chi connectivity index (χ4v) is 5.09. The predicted molar refractivity (Wildman–Crippen MR) is 132 cm³/mol. The van der Waals surface area contributed by atoms with Crippen molar-refractivity contribution in [1.82, 2.24) is 14.8 Å². The number of likely N-dealkylation sites (tertiary alicyclic amines) is 1. The summed E-state index contributed by atoms with van der Waals surface area (Å²) in [7, 11) is 0. The first kappa shape index (κ1) is 26.2. The molecule has 2 aromatic rings. The SMILES string of the molecule is CC(C)CN(CC(=O)Nc1nc(CC(=O)N2CCC3(CC2)OCCO3)cs1)C(=O)c1ccc(F)cc1. The van der Waals surface area contributed by atoms with Crippen LogP contribution in [0.25, 0.3) is 0 Å². The number of hydrogen-bond donors (Lipinski definition) is 1. The zero-order valence-corrected chi connectivity index (χ0v) is 21.3. The van der Waals surface area contributed by atoms with Crippen LogP contribution in [0.1, 0.15) is 42.7 Å². The van der Waals surface area contributed by atoms with E-state index < -0.39 is 17.5 Å². The Hall–Kier alpha value is -2.89. The lowest BCUT2D eigenvalue weighted by atomic mass is 10.0. The lowest BCUT2D eigenvalue weighted by molar-refractivity contribution is -0.187. The molecule has 194 valence electrons. The summed E-state index contributed by atoms with van der Waals surface area (Å²) in [6, 6.07) is 5.25. The second kappa shape index (κ2) is 11.4. The van der Waals surface area contributed by atoms with Crippen LogP contribution in [-0.2, 0) is 25.5 Å². The zero-order valence-electron chi connectivity index (χ0n) is 20.5. The maximum absolute atomic E-state index is 13.2.